The van der Waals surface area contributed by atoms with Gasteiger partial charge in [-0.05, 0) is 28.6 Å². The van der Waals surface area contributed by atoms with E-state index in [4.69, 9.17) is 0 Å². The van der Waals surface area contributed by atoms with E-state index in [-0.39, 0.29) is 12.1 Å². The first-order valence-electron chi connectivity index (χ1n) is 7.48. The lowest BCUT2D eigenvalue weighted by Crippen LogP contribution is -2.20. The smallest absolute Gasteiger partial charge is 0.349 e. The Morgan fingerprint density at radius 3 is 2.36 bits per heavy atom. The summed E-state index contributed by atoms with van der Waals surface area (Å²) >= 11 is 0. The van der Waals surface area contributed by atoms with Gasteiger partial charge >= 0.3 is 12.4 Å². The van der Waals surface area contributed by atoms with Crippen molar-refractivity contribution in [3.63, 3.8) is 0 Å². The van der Waals surface area contributed by atoms with Gasteiger partial charge in [0.05, 0.1) is 16.8 Å². The molecular formula is C15H9F7N6. The summed E-state index contributed by atoms with van der Waals surface area (Å²) in [5, 5.41) is 12.5. The molecule has 0 fully saturated rings. The second-order valence-corrected chi connectivity index (χ2v) is 5.42. The summed E-state index contributed by atoms with van der Waals surface area (Å²) < 4.78 is 93.5. The molecule has 0 radical (unpaired) electrons. The molecule has 0 unspecified atom stereocenters. The van der Waals surface area contributed by atoms with Crippen LogP contribution in [0.4, 0.5) is 36.7 Å². The van der Waals surface area contributed by atoms with Crippen LogP contribution < -0.4 is 5.32 Å². The van der Waals surface area contributed by atoms with Crippen molar-refractivity contribution < 1.29 is 30.7 Å². The molecule has 3 aromatic rings. The summed E-state index contributed by atoms with van der Waals surface area (Å²) in [6, 6.07) is 4.70. The Hall–Kier alpha value is -3.25. The summed E-state index contributed by atoms with van der Waals surface area (Å²) in [7, 11) is 0. The average Bonchev–Trinajstić information content (AvgIpc) is 3.07. The van der Waals surface area contributed by atoms with E-state index in [1.54, 1.807) is 0 Å². The molecule has 2 aromatic heterocycles. The quantitative estimate of drug-likeness (QED) is 0.527. The third kappa shape index (κ3) is 3.87. The monoisotopic (exact) mass is 406 g/mol. The molecule has 1 aromatic carbocycles. The van der Waals surface area contributed by atoms with Gasteiger partial charge < -0.3 is 5.32 Å². The van der Waals surface area contributed by atoms with Crippen LogP contribution in [0.25, 0.3) is 5.69 Å². The van der Waals surface area contributed by atoms with Crippen LogP contribution in [0.15, 0.2) is 36.5 Å². The van der Waals surface area contributed by atoms with Crippen molar-refractivity contribution in [3.05, 3.63) is 59.2 Å². The molecule has 2 heterocycles. The molecule has 0 saturated carbocycles. The van der Waals surface area contributed by atoms with E-state index in [9.17, 15) is 30.7 Å². The van der Waals surface area contributed by atoms with Crippen LogP contribution in [-0.2, 0) is 18.9 Å². The Bertz CT molecular complexity index is 979. The molecule has 28 heavy (non-hydrogen) atoms. The van der Waals surface area contributed by atoms with Gasteiger partial charge in [-0.1, -0.05) is 17.2 Å². The Morgan fingerprint density at radius 2 is 1.71 bits per heavy atom. The standard InChI is InChI=1S/C15H9F7N6/c16-12-8(3-2-6-23-12)7-24-13-25-26-27-28(13)10-5-1-4-9(14(17,18)19)11(10)15(20,21)22/h1-6H,7H2,(H,24,25,27). The predicted molar refractivity (Wildman–Crippen MR) is 80.7 cm³/mol. The van der Waals surface area contributed by atoms with Crippen LogP contribution in [0.2, 0.25) is 0 Å². The molecule has 0 aliphatic heterocycles. The molecule has 0 bridgehead atoms. The molecule has 148 valence electrons. The fraction of sp³-hybridized carbons (Fsp3) is 0.200. The molecule has 1 N–H and O–H groups in total. The van der Waals surface area contributed by atoms with Crippen molar-refractivity contribution in [1.29, 1.82) is 0 Å². The number of nitrogens with one attached hydrogen (secondary N) is 1. The minimum atomic E-state index is -5.33. The van der Waals surface area contributed by atoms with Gasteiger partial charge in [0.2, 0.25) is 11.9 Å². The molecule has 0 amide bonds. The van der Waals surface area contributed by atoms with Gasteiger partial charge in [0.25, 0.3) is 0 Å². The molecule has 6 nitrogen and oxygen atoms in total. The van der Waals surface area contributed by atoms with E-state index in [2.05, 4.69) is 25.8 Å². The van der Waals surface area contributed by atoms with Crippen LogP contribution in [0.1, 0.15) is 16.7 Å². The van der Waals surface area contributed by atoms with Crippen LogP contribution in [0.3, 0.4) is 0 Å². The second kappa shape index (κ2) is 7.05. The summed E-state index contributed by atoms with van der Waals surface area (Å²) in [6.45, 7) is -0.264. The molecule has 3 rings (SSSR count). The normalized spacial score (nSPS) is 12.2. The highest BCUT2D eigenvalue weighted by Crippen LogP contribution is 2.43. The van der Waals surface area contributed by atoms with Gasteiger partial charge in [0, 0.05) is 18.3 Å². The lowest BCUT2D eigenvalue weighted by molar-refractivity contribution is -0.162. The number of hydrogen-bond donors (Lipinski definition) is 1. The topological polar surface area (TPSA) is 68.5 Å². The number of halogens is 7. The maximum Gasteiger partial charge on any atom is 0.419 e. The Kier molecular flexibility index (Phi) is 4.91. The number of alkyl halides is 6. The van der Waals surface area contributed by atoms with Gasteiger partial charge in [0.1, 0.15) is 0 Å². The number of pyridine rings is 1. The first-order valence-corrected chi connectivity index (χ1v) is 7.48. The number of benzene rings is 1. The lowest BCUT2D eigenvalue weighted by Gasteiger charge is -2.19. The van der Waals surface area contributed by atoms with E-state index in [1.165, 1.54) is 18.3 Å². The average molecular weight is 406 g/mol. The number of aromatic nitrogens is 5. The largest absolute Gasteiger partial charge is 0.419 e. The van der Waals surface area contributed by atoms with Crippen molar-refractivity contribution in [2.45, 2.75) is 18.9 Å². The minimum absolute atomic E-state index is 0.0529. The van der Waals surface area contributed by atoms with Crippen molar-refractivity contribution in [1.82, 2.24) is 25.2 Å². The number of anilines is 1. The maximum atomic E-state index is 13.6. The first kappa shape index (κ1) is 19.5. The summed E-state index contributed by atoms with van der Waals surface area (Å²) in [5.41, 5.74) is -4.69. The minimum Gasteiger partial charge on any atom is -0.349 e. The summed E-state index contributed by atoms with van der Waals surface area (Å²) in [5.74, 6) is -1.24. The molecule has 0 aliphatic rings. The highest BCUT2D eigenvalue weighted by atomic mass is 19.4. The van der Waals surface area contributed by atoms with Crippen molar-refractivity contribution >= 4 is 5.95 Å². The van der Waals surface area contributed by atoms with E-state index >= 15 is 0 Å². The van der Waals surface area contributed by atoms with Gasteiger partial charge in [-0.15, -0.1) is 0 Å². The van der Waals surface area contributed by atoms with Crippen LogP contribution in [-0.4, -0.2) is 25.2 Å². The zero-order chi connectivity index (χ0) is 20.5. The Labute approximate surface area is 152 Å². The van der Waals surface area contributed by atoms with Crippen LogP contribution in [0, 0.1) is 5.95 Å². The lowest BCUT2D eigenvalue weighted by atomic mass is 10.0. The Morgan fingerprint density at radius 1 is 0.964 bits per heavy atom. The molecule has 0 atom stereocenters. The SMILES string of the molecule is Fc1ncccc1CNc1nnnn1-c1cccc(C(F)(F)F)c1C(F)(F)F. The third-order valence-corrected chi connectivity index (χ3v) is 3.60. The van der Waals surface area contributed by atoms with Crippen molar-refractivity contribution in [3.8, 4) is 5.69 Å². The van der Waals surface area contributed by atoms with Crippen molar-refractivity contribution in [2.24, 2.45) is 0 Å². The highest BCUT2D eigenvalue weighted by Gasteiger charge is 2.45. The number of hydrogen-bond acceptors (Lipinski definition) is 5. The third-order valence-electron chi connectivity index (χ3n) is 3.60. The highest BCUT2D eigenvalue weighted by molar-refractivity contribution is 5.51. The van der Waals surface area contributed by atoms with E-state index in [1.807, 2.05) is 0 Å². The van der Waals surface area contributed by atoms with Gasteiger partial charge in [-0.25, -0.2) is 4.98 Å². The molecule has 0 aliphatic carbocycles. The van der Waals surface area contributed by atoms with E-state index in [0.717, 1.165) is 12.1 Å². The fourth-order valence-corrected chi connectivity index (χ4v) is 2.44. The first-order chi connectivity index (χ1) is 13.1. The van der Waals surface area contributed by atoms with E-state index < -0.39 is 41.1 Å². The summed E-state index contributed by atoms with van der Waals surface area (Å²) in [6.07, 6.45) is -9.39. The van der Waals surface area contributed by atoms with Gasteiger partial charge in [0.15, 0.2) is 0 Å². The molecular weight excluding hydrogens is 397 g/mol. The number of nitrogens with zero attached hydrogens (tertiary/aromatic N) is 5. The predicted octanol–water partition coefficient (Wildman–Crippen LogP) is 3.85. The van der Waals surface area contributed by atoms with Gasteiger partial charge in [-0.3, -0.25) is 0 Å². The fourth-order valence-electron chi connectivity index (χ4n) is 2.44. The zero-order valence-corrected chi connectivity index (χ0v) is 13.6. The zero-order valence-electron chi connectivity index (χ0n) is 13.6. The maximum absolute atomic E-state index is 13.6. The van der Waals surface area contributed by atoms with Crippen molar-refractivity contribution in [2.75, 3.05) is 5.32 Å². The summed E-state index contributed by atoms with van der Waals surface area (Å²) in [4.78, 5) is 3.41. The Balaban J connectivity index is 2.04. The van der Waals surface area contributed by atoms with Crippen LogP contribution >= 0.6 is 0 Å². The van der Waals surface area contributed by atoms with Crippen LogP contribution in [0.5, 0.6) is 0 Å². The molecule has 13 heteroatoms. The number of tetrazole rings is 1. The number of rotatable bonds is 4. The second-order valence-electron chi connectivity index (χ2n) is 5.42. The molecule has 0 spiro atoms. The van der Waals surface area contributed by atoms with Gasteiger partial charge in [-0.2, -0.15) is 35.4 Å². The van der Waals surface area contributed by atoms with E-state index in [0.29, 0.717) is 10.7 Å². The molecule has 0 saturated heterocycles.